The van der Waals surface area contributed by atoms with Gasteiger partial charge in [-0.15, -0.1) is 11.3 Å². The van der Waals surface area contributed by atoms with Crippen molar-refractivity contribution in [3.05, 3.63) is 47.6 Å². The van der Waals surface area contributed by atoms with Crippen molar-refractivity contribution in [3.8, 4) is 0 Å². The lowest BCUT2D eigenvalue weighted by atomic mass is 10.3. The zero-order valence-electron chi connectivity index (χ0n) is 11.9. The topological polar surface area (TPSA) is 90.4 Å². The van der Waals surface area contributed by atoms with E-state index in [0.29, 0.717) is 6.54 Å². The number of primary sulfonamides is 1. The van der Waals surface area contributed by atoms with E-state index < -0.39 is 10.0 Å². The van der Waals surface area contributed by atoms with Crippen molar-refractivity contribution in [3.63, 3.8) is 0 Å². The summed E-state index contributed by atoms with van der Waals surface area (Å²) in [5, 5.41) is 6.07. The van der Waals surface area contributed by atoms with Crippen molar-refractivity contribution in [2.24, 2.45) is 5.14 Å². The van der Waals surface area contributed by atoms with Crippen LogP contribution in [0.15, 0.2) is 47.5 Å². The first kappa shape index (κ1) is 14.9. The van der Waals surface area contributed by atoms with Gasteiger partial charge in [-0.2, -0.15) is 0 Å². The average molecular weight is 335 g/mol. The first-order chi connectivity index (χ1) is 10.4. The second-order valence-electron chi connectivity index (χ2n) is 4.89. The van der Waals surface area contributed by atoms with Gasteiger partial charge in [0.1, 0.15) is 22.6 Å². The molecule has 6 nitrogen and oxygen atoms in total. The summed E-state index contributed by atoms with van der Waals surface area (Å²) in [5.74, 6) is 0.784. The van der Waals surface area contributed by atoms with Crippen LogP contribution in [0, 0.1) is 0 Å². The summed E-state index contributed by atoms with van der Waals surface area (Å²) in [4.78, 5) is 9.55. The highest BCUT2D eigenvalue weighted by Gasteiger charge is 2.16. The normalized spacial score (nSPS) is 11.7. The van der Waals surface area contributed by atoms with Crippen LogP contribution in [0.25, 0.3) is 10.2 Å². The molecule has 114 valence electrons. The summed E-state index contributed by atoms with van der Waals surface area (Å²) in [6.07, 6.45) is 1.39. The molecule has 0 aliphatic carbocycles. The van der Waals surface area contributed by atoms with E-state index in [1.54, 1.807) is 17.4 Å². The van der Waals surface area contributed by atoms with Gasteiger partial charge >= 0.3 is 0 Å². The predicted octanol–water partition coefficient (Wildman–Crippen LogP) is 1.39. The molecule has 0 radical (unpaired) electrons. The van der Waals surface area contributed by atoms with E-state index in [4.69, 9.17) is 5.14 Å². The molecule has 22 heavy (non-hydrogen) atoms. The molecular weight excluding hydrogens is 320 g/mol. The summed E-state index contributed by atoms with van der Waals surface area (Å²) < 4.78 is 23.6. The first-order valence-corrected chi connectivity index (χ1v) is 8.90. The number of hydrogen-bond acceptors (Lipinski definition) is 5. The van der Waals surface area contributed by atoms with Gasteiger partial charge in [-0.25, -0.2) is 23.5 Å². The number of anilines is 1. The number of fused-ring (bicyclic) bond motifs is 1. The number of H-pyrrole nitrogens is 1. The fourth-order valence-electron chi connectivity index (χ4n) is 2.09. The minimum Gasteiger partial charge on any atom is -0.258 e. The molecule has 2 heterocycles. The summed E-state index contributed by atoms with van der Waals surface area (Å²) >= 11 is 1.65. The number of pyridine rings is 1. The molecule has 0 fully saturated rings. The molecule has 0 amide bonds. The molecule has 0 unspecified atom stereocenters. The van der Waals surface area contributed by atoms with Crippen LogP contribution in [0.2, 0.25) is 0 Å². The second kappa shape index (κ2) is 5.64. The summed E-state index contributed by atoms with van der Waals surface area (Å²) in [6.45, 7) is 0.630. The lowest BCUT2D eigenvalue weighted by molar-refractivity contribution is -0.367. The molecule has 0 saturated heterocycles. The van der Waals surface area contributed by atoms with E-state index in [0.717, 1.165) is 21.0 Å². The fraction of sp³-hybridized carbons (Fsp3) is 0.143. The molecule has 0 saturated carbocycles. The Morgan fingerprint density at radius 3 is 2.68 bits per heavy atom. The van der Waals surface area contributed by atoms with Crippen molar-refractivity contribution < 1.29 is 13.4 Å². The molecule has 0 spiro atoms. The van der Waals surface area contributed by atoms with Crippen LogP contribution in [0.1, 0.15) is 5.01 Å². The summed E-state index contributed by atoms with van der Waals surface area (Å²) in [5.41, 5.74) is 0.990. The van der Waals surface area contributed by atoms with E-state index in [9.17, 15) is 8.42 Å². The number of aromatic nitrogens is 2. The molecule has 0 aliphatic heterocycles. The van der Waals surface area contributed by atoms with Crippen LogP contribution in [0.5, 0.6) is 0 Å². The Hall–Kier alpha value is -2.03. The zero-order chi connectivity index (χ0) is 15.7. The number of rotatable bonds is 4. The van der Waals surface area contributed by atoms with Crippen LogP contribution in [-0.4, -0.2) is 20.4 Å². The lowest BCUT2D eigenvalue weighted by Crippen LogP contribution is -2.25. The van der Waals surface area contributed by atoms with Gasteiger partial charge in [0.2, 0.25) is 10.0 Å². The third kappa shape index (κ3) is 3.08. The number of sulfonamides is 1. The predicted molar refractivity (Wildman–Crippen MR) is 86.1 cm³/mol. The standard InChI is InChI=1S/C14H14N4O2S2/c1-18(13-7-6-10(8-16-13)22(15,19)20)9-14-17-11-4-2-3-5-12(11)21-14/h2-8H,9H2,1H3,(H2,15,19,20)/p+1. The molecule has 3 rings (SSSR count). The van der Waals surface area contributed by atoms with Crippen LogP contribution in [-0.2, 0) is 16.6 Å². The third-order valence-corrected chi connectivity index (χ3v) is 5.15. The van der Waals surface area contributed by atoms with Gasteiger partial charge in [-0.05, 0) is 18.2 Å². The Morgan fingerprint density at radius 2 is 2.05 bits per heavy atom. The smallest absolute Gasteiger partial charge is 0.258 e. The summed E-state index contributed by atoms with van der Waals surface area (Å²) in [7, 11) is -1.77. The fourth-order valence-corrected chi connectivity index (χ4v) is 3.59. The van der Waals surface area contributed by atoms with Gasteiger partial charge in [0, 0.05) is 6.07 Å². The van der Waals surface area contributed by atoms with Crippen molar-refractivity contribution in [2.75, 3.05) is 11.9 Å². The first-order valence-electron chi connectivity index (χ1n) is 6.53. The molecule has 2 aromatic heterocycles. The van der Waals surface area contributed by atoms with E-state index in [1.165, 1.54) is 12.3 Å². The second-order valence-corrected chi connectivity index (χ2v) is 7.56. The third-order valence-electron chi connectivity index (χ3n) is 3.22. The number of para-hydroxylation sites is 1. The minimum absolute atomic E-state index is 0.0598. The molecule has 0 aliphatic rings. The number of thiazole rings is 1. The molecule has 8 heteroatoms. The van der Waals surface area contributed by atoms with Gasteiger partial charge in [0.25, 0.3) is 5.82 Å². The minimum atomic E-state index is -3.68. The van der Waals surface area contributed by atoms with E-state index >= 15 is 0 Å². The Labute approximate surface area is 132 Å². The van der Waals surface area contributed by atoms with Gasteiger partial charge in [0.05, 0.1) is 17.3 Å². The number of hydrogen-bond donors (Lipinski definition) is 1. The van der Waals surface area contributed by atoms with Gasteiger partial charge in [-0.3, -0.25) is 4.90 Å². The molecular formula is C14H15N4O2S2+. The lowest BCUT2D eigenvalue weighted by Gasteiger charge is -2.09. The molecule has 3 N–H and O–H groups in total. The highest BCUT2D eigenvalue weighted by Crippen LogP contribution is 2.23. The Balaban J connectivity index is 1.80. The zero-order valence-corrected chi connectivity index (χ0v) is 13.5. The Kier molecular flexibility index (Phi) is 3.81. The van der Waals surface area contributed by atoms with Crippen LogP contribution < -0.4 is 15.0 Å². The van der Waals surface area contributed by atoms with Crippen molar-refractivity contribution in [2.45, 2.75) is 11.4 Å². The van der Waals surface area contributed by atoms with Crippen LogP contribution in [0.3, 0.4) is 0 Å². The van der Waals surface area contributed by atoms with Gasteiger partial charge in [-0.1, -0.05) is 12.1 Å². The highest BCUT2D eigenvalue weighted by molar-refractivity contribution is 7.89. The molecule has 3 aromatic rings. The monoisotopic (exact) mass is 335 g/mol. The number of nitrogens with one attached hydrogen (secondary N) is 1. The van der Waals surface area contributed by atoms with E-state index in [2.05, 4.69) is 9.97 Å². The maximum atomic E-state index is 11.2. The number of nitrogens with two attached hydrogens (primary N) is 1. The average Bonchev–Trinajstić information content (AvgIpc) is 2.88. The molecule has 0 bridgehead atoms. The van der Waals surface area contributed by atoms with Crippen molar-refractivity contribution >= 4 is 37.4 Å². The largest absolute Gasteiger partial charge is 0.274 e. The number of aromatic amines is 1. The maximum absolute atomic E-state index is 11.2. The Morgan fingerprint density at radius 1 is 1.27 bits per heavy atom. The molecule has 1 aromatic carbocycles. The quantitative estimate of drug-likeness (QED) is 0.780. The van der Waals surface area contributed by atoms with Gasteiger partial charge in [0.15, 0.2) is 0 Å². The maximum Gasteiger partial charge on any atom is 0.274 e. The van der Waals surface area contributed by atoms with Crippen LogP contribution >= 0.6 is 11.3 Å². The van der Waals surface area contributed by atoms with Crippen molar-refractivity contribution in [1.82, 2.24) is 4.98 Å². The highest BCUT2D eigenvalue weighted by atomic mass is 32.2. The van der Waals surface area contributed by atoms with E-state index in [-0.39, 0.29) is 4.90 Å². The summed E-state index contributed by atoms with van der Waals surface area (Å²) in [6, 6.07) is 11.2. The SMILES string of the molecule is CN(Cc1nc2ccccc2s1)c1ccc(S(N)(=O)=O)c[nH+]1. The van der Waals surface area contributed by atoms with Gasteiger partial charge < -0.3 is 0 Å². The Bertz CT molecular complexity index is 871. The van der Waals surface area contributed by atoms with E-state index in [1.807, 2.05) is 36.2 Å². The number of benzene rings is 1. The molecule has 0 atom stereocenters. The number of nitrogens with zero attached hydrogens (tertiary/aromatic N) is 2. The van der Waals surface area contributed by atoms with Crippen molar-refractivity contribution in [1.29, 1.82) is 0 Å². The van der Waals surface area contributed by atoms with Crippen LogP contribution in [0.4, 0.5) is 5.82 Å².